The molecule has 5 N–H and O–H groups in total. The van der Waals surface area contributed by atoms with Crippen LogP contribution in [0.25, 0.3) is 0 Å². The van der Waals surface area contributed by atoms with E-state index in [1.807, 2.05) is 0 Å². The molecule has 34 heavy (non-hydrogen) atoms. The number of aliphatic carboxylic acids is 5. The molecule has 0 spiro atoms. The van der Waals surface area contributed by atoms with Crippen LogP contribution < -0.4 is 0 Å². The smallest absolute Gasteiger partial charge is 0.573 e. The number of carboxylic acids is 5. The van der Waals surface area contributed by atoms with Gasteiger partial charge in [0.05, 0.1) is 32.7 Å². The van der Waals surface area contributed by atoms with Crippen LogP contribution in [0.2, 0.25) is 0 Å². The summed E-state index contributed by atoms with van der Waals surface area (Å²) in [6.45, 7) is 10.8. The van der Waals surface area contributed by atoms with Crippen LogP contribution in [-0.4, -0.2) is 149 Å². The quantitative estimate of drug-likeness (QED) is 0.0875. The summed E-state index contributed by atoms with van der Waals surface area (Å²) in [6.07, 6.45) is 0. The second kappa shape index (κ2) is 28.0. The Hall–Kier alpha value is -3.07. The molecule has 0 aliphatic carbocycles. The Morgan fingerprint density at radius 3 is 0.735 bits per heavy atom. The maximum atomic E-state index is 11.0. The second-order valence-electron chi connectivity index (χ2n) is 5.67. The summed E-state index contributed by atoms with van der Waals surface area (Å²) in [5.41, 5.74) is 0. The van der Waals surface area contributed by atoms with Crippen molar-refractivity contribution in [2.24, 2.45) is 0 Å². The fourth-order valence-electron chi connectivity index (χ4n) is 2.22. The van der Waals surface area contributed by atoms with Gasteiger partial charge in [-0.05, 0) is 0 Å². The van der Waals surface area contributed by atoms with Gasteiger partial charge in [0, 0.05) is 26.2 Å². The van der Waals surface area contributed by atoms with E-state index in [1.165, 1.54) is 4.90 Å². The molecule has 0 fully saturated rings. The Bertz CT molecular complexity index is 532. The van der Waals surface area contributed by atoms with Gasteiger partial charge in [-0.25, -0.2) is 0 Å². The normalized spacial score (nSPS) is 9.15. The zero-order chi connectivity index (χ0) is 27.0. The minimum absolute atomic E-state index is 0. The molecule has 0 aliphatic heterocycles. The van der Waals surface area contributed by atoms with Crippen molar-refractivity contribution >= 4 is 50.2 Å². The number of carboxylic acid groups (broad SMARTS) is 5. The van der Waals surface area contributed by atoms with E-state index in [1.54, 1.807) is 0 Å². The molecule has 17 heteroatoms. The van der Waals surface area contributed by atoms with Gasteiger partial charge < -0.3 is 60.3 Å². The van der Waals surface area contributed by atoms with Gasteiger partial charge in [-0.3, -0.25) is 38.7 Å². The molecule has 0 bridgehead atoms. The molecule has 0 aromatic heterocycles. The largest absolute Gasteiger partial charge is 3.00 e. The van der Waals surface area contributed by atoms with E-state index in [0.717, 1.165) is 9.80 Å². The van der Waals surface area contributed by atoms with Crippen molar-refractivity contribution in [2.45, 2.75) is 0 Å². The molecular weight excluding hydrogens is 550 g/mol. The molecule has 0 amide bonds. The van der Waals surface area contributed by atoms with E-state index in [9.17, 15) is 24.0 Å². The van der Waals surface area contributed by atoms with Gasteiger partial charge in [0.15, 0.2) is 0 Å². The van der Waals surface area contributed by atoms with Gasteiger partial charge >= 0.3 is 50.9 Å². The van der Waals surface area contributed by atoms with Crippen molar-refractivity contribution in [1.82, 2.24) is 14.7 Å². The van der Waals surface area contributed by atoms with Crippen molar-refractivity contribution < 1.29 is 85.0 Å². The van der Waals surface area contributed by atoms with Gasteiger partial charge in [-0.2, -0.15) is 0 Å². The fraction of sp³-hybridized carbons (Fsp3) is 0.529. The van der Waals surface area contributed by atoms with Crippen LogP contribution >= 0.6 is 0 Å². The molecule has 0 aliphatic rings. The Morgan fingerprint density at radius 1 is 0.412 bits per heavy atom. The van der Waals surface area contributed by atoms with Gasteiger partial charge in [0.1, 0.15) is 0 Å². The third kappa shape index (κ3) is 31.1. The Kier molecular flexibility index (Phi) is 33.9. The van der Waals surface area contributed by atoms with Gasteiger partial charge in [0.25, 0.3) is 0 Å². The Morgan fingerprint density at radius 2 is 0.559 bits per heavy atom. The van der Waals surface area contributed by atoms with E-state index in [0.29, 0.717) is 0 Å². The second-order valence-corrected chi connectivity index (χ2v) is 5.67. The van der Waals surface area contributed by atoms with E-state index < -0.39 is 62.6 Å². The number of carbonyl (C=O) groups is 5. The molecule has 0 aromatic carbocycles. The van der Waals surface area contributed by atoms with Crippen LogP contribution in [0.3, 0.4) is 0 Å². The maximum absolute atomic E-state index is 11.0. The molecule has 0 saturated heterocycles. The molecule has 190 valence electrons. The molecule has 0 atom stereocenters. The summed E-state index contributed by atoms with van der Waals surface area (Å²) in [4.78, 5) is 80.1. The Labute approximate surface area is 209 Å². The molecule has 16 nitrogen and oxygen atoms in total. The number of rotatable bonds is 16. The fourth-order valence-corrected chi connectivity index (χ4v) is 2.22. The van der Waals surface area contributed by atoms with Crippen LogP contribution in [0.4, 0.5) is 0 Å². The molecule has 0 unspecified atom stereocenters. The minimum Gasteiger partial charge on any atom is -0.573 e. The average molecular weight is 573 g/mol. The van der Waals surface area contributed by atoms with Crippen LogP contribution in [0.5, 0.6) is 0 Å². The average Bonchev–Trinajstić information content (AvgIpc) is 2.72. The van der Waals surface area contributed by atoms with Crippen molar-refractivity contribution in [3.63, 3.8) is 0 Å². The summed E-state index contributed by atoms with van der Waals surface area (Å²) < 4.78 is 0. The first-order chi connectivity index (χ1) is 15.5. The first-order valence-corrected chi connectivity index (χ1v) is 8.36. The standard InChI is InChI=1S/C14H23N3O10.3CO.Mo/c18-10(19)5-15(1-3-16(6-11(20)21)7-12(22)23)2-4-17(8-13(24)25)9-14(26)27;3*1-2;/h1-9H2,(H,18,19)(H,20,21)(H,22,23)(H,24,25)(H,26,27);;;;/q;3*-1;+3. The molecule has 0 heterocycles. The van der Waals surface area contributed by atoms with Crippen molar-refractivity contribution in [1.29, 1.82) is 0 Å². The van der Waals surface area contributed by atoms with Crippen LogP contribution in [0.1, 0.15) is 0 Å². The van der Waals surface area contributed by atoms with E-state index in [2.05, 4.69) is 20.4 Å². The zero-order valence-electron chi connectivity index (χ0n) is 17.6. The van der Waals surface area contributed by atoms with Gasteiger partial charge in [-0.1, -0.05) is 0 Å². The first-order valence-electron chi connectivity index (χ1n) is 8.36. The molecule has 0 saturated carbocycles. The monoisotopic (exact) mass is 575 g/mol. The molecule has 4 radical (unpaired) electrons. The summed E-state index contributed by atoms with van der Waals surface area (Å²) in [6, 6.07) is 0. The van der Waals surface area contributed by atoms with Crippen molar-refractivity contribution in [2.75, 3.05) is 58.9 Å². The van der Waals surface area contributed by atoms with E-state index in [4.69, 9.17) is 39.9 Å². The molecular formula is C17H23MoN3O13. The van der Waals surface area contributed by atoms with Crippen molar-refractivity contribution in [3.8, 4) is 0 Å². The van der Waals surface area contributed by atoms with E-state index >= 15 is 0 Å². The van der Waals surface area contributed by atoms with Crippen molar-refractivity contribution in [3.05, 3.63) is 0 Å². The summed E-state index contributed by atoms with van der Waals surface area (Å²) in [5.74, 6) is -6.16. The topological polar surface area (TPSA) is 247 Å². The summed E-state index contributed by atoms with van der Waals surface area (Å²) in [5, 5.41) is 44.1. The summed E-state index contributed by atoms with van der Waals surface area (Å²) >= 11 is 0. The van der Waals surface area contributed by atoms with Crippen LogP contribution in [-0.2, 0) is 59.4 Å². The SMILES string of the molecule is O=C(O)CN(CCN(CC(=O)O)CC(=O)O)CCN(CC(=O)O)CC(=O)O.[C-]=O.[C-]=O.[C-]=O.[Mo+3]. The number of nitrogens with zero attached hydrogens (tertiary/aromatic N) is 3. The zero-order valence-corrected chi connectivity index (χ0v) is 19.6. The molecule has 0 rings (SSSR count). The van der Waals surface area contributed by atoms with Gasteiger partial charge in [0.2, 0.25) is 0 Å². The molecule has 0 aromatic rings. The number of hydrogen-bond acceptors (Lipinski definition) is 11. The van der Waals surface area contributed by atoms with Gasteiger partial charge in [-0.15, -0.1) is 0 Å². The summed E-state index contributed by atoms with van der Waals surface area (Å²) in [7, 11) is 0. The first kappa shape index (κ1) is 41.2. The van der Waals surface area contributed by atoms with E-state index in [-0.39, 0.29) is 47.2 Å². The Balaban J connectivity index is -0.000000368. The van der Waals surface area contributed by atoms with Crippen LogP contribution in [0.15, 0.2) is 0 Å². The number of hydrogen-bond donors (Lipinski definition) is 5. The minimum atomic E-state index is -1.24. The number of carbonyl (C=O) groups excluding carboxylic acids is 3. The predicted octanol–water partition coefficient (Wildman–Crippen LogP) is -3.88. The third-order valence-corrected chi connectivity index (χ3v) is 3.26. The van der Waals surface area contributed by atoms with Crippen LogP contribution in [0, 0.1) is 0 Å². The predicted molar refractivity (Wildman–Crippen MR) is 105 cm³/mol. The maximum Gasteiger partial charge on any atom is 3.00 e. The third-order valence-electron chi connectivity index (χ3n) is 3.26.